The highest BCUT2D eigenvalue weighted by molar-refractivity contribution is 5.89. The number of benzene rings is 2. The molecule has 0 radical (unpaired) electrons. The number of piperazine rings is 1. The minimum Gasteiger partial charge on any atom is -0.355 e. The number of nitrogens with zero attached hydrogens (tertiary/aromatic N) is 4. The Bertz CT molecular complexity index is 1160. The molecule has 2 aromatic carbocycles. The second-order valence-electron chi connectivity index (χ2n) is 6.77. The van der Waals surface area contributed by atoms with Crippen molar-refractivity contribution < 1.29 is 0 Å². The van der Waals surface area contributed by atoms with Gasteiger partial charge in [-0.15, -0.1) is 0 Å². The number of anilines is 1. The lowest BCUT2D eigenvalue weighted by atomic mass is 10.0. The van der Waals surface area contributed by atoms with Crippen LogP contribution >= 0.6 is 0 Å². The van der Waals surface area contributed by atoms with Crippen LogP contribution in [-0.4, -0.2) is 35.6 Å². The lowest BCUT2D eigenvalue weighted by Crippen LogP contribution is -2.44. The van der Waals surface area contributed by atoms with Gasteiger partial charge in [0.15, 0.2) is 5.65 Å². The molecule has 0 amide bonds. The zero-order valence-corrected chi connectivity index (χ0v) is 14.9. The van der Waals surface area contributed by atoms with Gasteiger partial charge in [-0.1, -0.05) is 42.5 Å². The van der Waals surface area contributed by atoms with Crippen LogP contribution in [0.4, 0.5) is 5.82 Å². The maximum Gasteiger partial charge on any atom is 0.158 e. The monoisotopic (exact) mass is 353 g/mol. The molecule has 0 unspecified atom stereocenters. The topological polar surface area (TPSA) is 56.4 Å². The van der Waals surface area contributed by atoms with Crippen LogP contribution < -0.4 is 10.2 Å². The second kappa shape index (κ2) is 6.42. The van der Waals surface area contributed by atoms with E-state index in [0.29, 0.717) is 5.56 Å². The quantitative estimate of drug-likeness (QED) is 0.600. The van der Waals surface area contributed by atoms with E-state index in [4.69, 9.17) is 4.98 Å². The molecular weight excluding hydrogens is 334 g/mol. The van der Waals surface area contributed by atoms with Crippen LogP contribution in [0.1, 0.15) is 5.56 Å². The average molecular weight is 353 g/mol. The predicted octanol–water partition coefficient (Wildman–Crippen LogP) is 3.44. The average Bonchev–Trinajstić information content (AvgIpc) is 3.13. The van der Waals surface area contributed by atoms with Gasteiger partial charge in [0.05, 0.1) is 11.0 Å². The zero-order valence-electron chi connectivity index (χ0n) is 14.9. The Morgan fingerprint density at radius 1 is 0.963 bits per heavy atom. The molecule has 5 heteroatoms. The number of imidazole rings is 1. The minimum atomic E-state index is 0.622. The number of nitrogens with one attached hydrogen (secondary N) is 1. The Balaban J connectivity index is 1.89. The first kappa shape index (κ1) is 15.9. The molecule has 0 atom stereocenters. The van der Waals surface area contributed by atoms with Crippen LogP contribution in [0.2, 0.25) is 0 Å². The van der Waals surface area contributed by atoms with E-state index in [9.17, 15) is 5.26 Å². The number of aromatic nitrogens is 2. The summed E-state index contributed by atoms with van der Waals surface area (Å²) in [6.45, 7) is 3.77. The lowest BCUT2D eigenvalue weighted by molar-refractivity contribution is 0.584. The maximum atomic E-state index is 9.98. The van der Waals surface area contributed by atoms with Crippen molar-refractivity contribution in [3.63, 3.8) is 0 Å². The van der Waals surface area contributed by atoms with Crippen LogP contribution in [0, 0.1) is 11.3 Å². The molecule has 3 heterocycles. The third kappa shape index (κ3) is 2.54. The molecule has 1 aliphatic rings. The van der Waals surface area contributed by atoms with E-state index in [1.165, 1.54) is 0 Å². The third-order valence-electron chi connectivity index (χ3n) is 5.19. The summed E-state index contributed by atoms with van der Waals surface area (Å²) in [5, 5.41) is 13.4. The summed E-state index contributed by atoms with van der Waals surface area (Å²) in [6.07, 6.45) is 0. The Hall–Kier alpha value is -3.36. The second-order valence-corrected chi connectivity index (χ2v) is 6.77. The van der Waals surface area contributed by atoms with Gasteiger partial charge in [-0.05, 0) is 23.8 Å². The van der Waals surface area contributed by atoms with Gasteiger partial charge in [0.1, 0.15) is 17.5 Å². The highest BCUT2D eigenvalue weighted by Crippen LogP contribution is 2.34. The van der Waals surface area contributed by atoms with Gasteiger partial charge in [-0.3, -0.25) is 4.40 Å². The molecular formula is C22H19N5. The number of hydrogen-bond acceptors (Lipinski definition) is 4. The molecule has 27 heavy (non-hydrogen) atoms. The van der Waals surface area contributed by atoms with Crippen molar-refractivity contribution in [3.8, 4) is 17.2 Å². The van der Waals surface area contributed by atoms with E-state index in [1.807, 2.05) is 36.4 Å². The fraction of sp³-hybridized carbons (Fsp3) is 0.182. The summed E-state index contributed by atoms with van der Waals surface area (Å²) >= 11 is 0. The van der Waals surface area contributed by atoms with Crippen molar-refractivity contribution in [2.24, 2.45) is 0 Å². The van der Waals surface area contributed by atoms with E-state index >= 15 is 0 Å². The van der Waals surface area contributed by atoms with Crippen LogP contribution in [0.25, 0.3) is 27.8 Å². The van der Waals surface area contributed by atoms with Crippen LogP contribution in [0.3, 0.4) is 0 Å². The Kier molecular flexibility index (Phi) is 3.77. The van der Waals surface area contributed by atoms with Gasteiger partial charge in [-0.2, -0.15) is 5.26 Å². The molecule has 1 fully saturated rings. The highest BCUT2D eigenvalue weighted by Gasteiger charge is 2.21. The van der Waals surface area contributed by atoms with Gasteiger partial charge in [-0.25, -0.2) is 4.98 Å². The fourth-order valence-corrected chi connectivity index (χ4v) is 3.89. The predicted molar refractivity (Wildman–Crippen MR) is 108 cm³/mol. The first-order chi connectivity index (χ1) is 13.4. The molecule has 1 N–H and O–H groups in total. The molecule has 132 valence electrons. The van der Waals surface area contributed by atoms with E-state index in [2.05, 4.69) is 45.0 Å². The van der Waals surface area contributed by atoms with Crippen molar-refractivity contribution >= 4 is 22.5 Å². The molecule has 0 spiro atoms. The zero-order chi connectivity index (χ0) is 18.2. The Labute approximate surface area is 157 Å². The van der Waals surface area contributed by atoms with Gasteiger partial charge in [0.25, 0.3) is 0 Å². The van der Waals surface area contributed by atoms with Crippen LogP contribution in [0.15, 0.2) is 60.7 Å². The van der Waals surface area contributed by atoms with Crippen molar-refractivity contribution in [1.29, 1.82) is 5.26 Å². The first-order valence-electron chi connectivity index (χ1n) is 9.22. The summed E-state index contributed by atoms with van der Waals surface area (Å²) < 4.78 is 2.14. The van der Waals surface area contributed by atoms with Crippen molar-refractivity contribution in [2.75, 3.05) is 31.1 Å². The van der Waals surface area contributed by atoms with Crippen LogP contribution in [-0.2, 0) is 0 Å². The smallest absolute Gasteiger partial charge is 0.158 e. The van der Waals surface area contributed by atoms with Crippen molar-refractivity contribution in [3.05, 3.63) is 66.2 Å². The molecule has 0 aliphatic carbocycles. The first-order valence-corrected chi connectivity index (χ1v) is 9.22. The number of pyridine rings is 1. The van der Waals surface area contributed by atoms with E-state index in [-0.39, 0.29) is 0 Å². The minimum absolute atomic E-state index is 0.622. The standard InChI is InChI=1S/C22H19N5/c23-15-18-17(16-6-2-1-3-7-16)14-21(26-12-10-24-11-13-26)27-20-9-5-4-8-19(20)25-22(18)27/h1-9,14,24H,10-13H2. The SMILES string of the molecule is N#Cc1c(-c2ccccc2)cc(N2CCNCC2)n2c1nc1ccccc12. The van der Waals surface area contributed by atoms with Crippen molar-refractivity contribution in [2.45, 2.75) is 0 Å². The van der Waals surface area contributed by atoms with E-state index in [1.54, 1.807) is 0 Å². The highest BCUT2D eigenvalue weighted by atomic mass is 15.3. The Morgan fingerprint density at radius 2 is 1.70 bits per heavy atom. The lowest BCUT2D eigenvalue weighted by Gasteiger charge is -2.30. The summed E-state index contributed by atoms with van der Waals surface area (Å²) in [5.41, 5.74) is 5.28. The summed E-state index contributed by atoms with van der Waals surface area (Å²) in [6, 6.07) is 22.8. The van der Waals surface area contributed by atoms with Gasteiger partial charge >= 0.3 is 0 Å². The summed E-state index contributed by atoms with van der Waals surface area (Å²) in [7, 11) is 0. The van der Waals surface area contributed by atoms with Gasteiger partial charge in [0.2, 0.25) is 0 Å². The van der Waals surface area contributed by atoms with E-state index in [0.717, 1.165) is 59.8 Å². The van der Waals surface area contributed by atoms with Crippen molar-refractivity contribution in [1.82, 2.24) is 14.7 Å². The molecule has 4 aromatic rings. The van der Waals surface area contributed by atoms with Gasteiger partial charge in [0, 0.05) is 31.7 Å². The summed E-state index contributed by atoms with van der Waals surface area (Å²) in [4.78, 5) is 7.21. The third-order valence-corrected chi connectivity index (χ3v) is 5.19. The molecule has 5 nitrogen and oxygen atoms in total. The fourth-order valence-electron chi connectivity index (χ4n) is 3.89. The molecule has 1 saturated heterocycles. The largest absolute Gasteiger partial charge is 0.355 e. The molecule has 2 aromatic heterocycles. The van der Waals surface area contributed by atoms with Crippen LogP contribution in [0.5, 0.6) is 0 Å². The number of para-hydroxylation sites is 2. The molecule has 0 bridgehead atoms. The number of fused-ring (bicyclic) bond motifs is 3. The summed E-state index contributed by atoms with van der Waals surface area (Å²) in [5.74, 6) is 1.10. The number of rotatable bonds is 2. The van der Waals surface area contributed by atoms with E-state index < -0.39 is 0 Å². The normalized spacial score (nSPS) is 14.6. The molecule has 1 aliphatic heterocycles. The van der Waals surface area contributed by atoms with Gasteiger partial charge < -0.3 is 10.2 Å². The number of nitriles is 1. The molecule has 5 rings (SSSR count). The number of hydrogen-bond donors (Lipinski definition) is 1. The Morgan fingerprint density at radius 3 is 2.48 bits per heavy atom. The molecule has 0 saturated carbocycles. The maximum absolute atomic E-state index is 9.98.